The van der Waals surface area contributed by atoms with Gasteiger partial charge in [0.05, 0.1) is 11.7 Å². The maximum atomic E-state index is 13.2. The average molecular weight is 247 g/mol. The zero-order valence-corrected chi connectivity index (χ0v) is 10.1. The van der Waals surface area contributed by atoms with E-state index < -0.39 is 11.9 Å². The third-order valence-electron chi connectivity index (χ3n) is 2.16. The van der Waals surface area contributed by atoms with Gasteiger partial charge in [0.1, 0.15) is 5.82 Å². The van der Waals surface area contributed by atoms with Crippen LogP contribution in [0, 0.1) is 12.7 Å². The summed E-state index contributed by atoms with van der Waals surface area (Å²) < 4.78 is 13.2. The van der Waals surface area contributed by atoms with E-state index in [1.54, 1.807) is 19.1 Å². The smallest absolute Gasteiger partial charge is 0.241 e. The number of carbonyl (C=O) groups excluding carboxylic acids is 1. The standard InChI is InChI=1S/C11H15FN2O.ClH/c1-3-9(13)11(15)14-10-6-7(2)4-5-8(10)12;/h4-6,9H,3,13H2,1-2H3,(H,14,15);1H/t9-;/m0./s1. The molecule has 3 N–H and O–H groups in total. The lowest BCUT2D eigenvalue weighted by atomic mass is 10.2. The van der Waals surface area contributed by atoms with Gasteiger partial charge in [0.15, 0.2) is 0 Å². The monoisotopic (exact) mass is 246 g/mol. The molecule has 1 aromatic carbocycles. The Morgan fingerprint density at radius 3 is 2.75 bits per heavy atom. The van der Waals surface area contributed by atoms with Crippen molar-refractivity contribution in [2.24, 2.45) is 5.73 Å². The quantitative estimate of drug-likeness (QED) is 0.859. The Morgan fingerprint density at radius 2 is 2.19 bits per heavy atom. The summed E-state index contributed by atoms with van der Waals surface area (Å²) in [5.41, 5.74) is 6.59. The molecule has 0 spiro atoms. The Bertz CT molecular complexity index is 371. The number of halogens is 2. The van der Waals surface area contributed by atoms with E-state index in [9.17, 15) is 9.18 Å². The number of aryl methyl sites for hydroxylation is 1. The lowest BCUT2D eigenvalue weighted by Crippen LogP contribution is -2.35. The predicted octanol–water partition coefficient (Wildman–Crippen LogP) is 2.23. The first-order valence-corrected chi connectivity index (χ1v) is 4.87. The molecule has 90 valence electrons. The van der Waals surface area contributed by atoms with Crippen LogP contribution >= 0.6 is 12.4 Å². The van der Waals surface area contributed by atoms with Gasteiger partial charge in [-0.25, -0.2) is 4.39 Å². The number of nitrogens with two attached hydrogens (primary N) is 1. The first-order valence-electron chi connectivity index (χ1n) is 4.87. The molecule has 1 atom stereocenters. The highest BCUT2D eigenvalue weighted by molar-refractivity contribution is 5.94. The zero-order valence-electron chi connectivity index (χ0n) is 9.29. The second-order valence-electron chi connectivity index (χ2n) is 3.49. The van der Waals surface area contributed by atoms with Crippen LogP contribution < -0.4 is 11.1 Å². The van der Waals surface area contributed by atoms with Crippen LogP contribution in [0.1, 0.15) is 18.9 Å². The van der Waals surface area contributed by atoms with Crippen molar-refractivity contribution >= 4 is 24.0 Å². The fourth-order valence-corrected chi connectivity index (χ4v) is 1.15. The molecule has 1 aromatic rings. The highest BCUT2D eigenvalue weighted by Crippen LogP contribution is 2.15. The Labute approximate surface area is 101 Å². The molecule has 0 saturated heterocycles. The number of amides is 1. The first-order chi connectivity index (χ1) is 7.04. The maximum Gasteiger partial charge on any atom is 0.241 e. The highest BCUT2D eigenvalue weighted by Gasteiger charge is 2.12. The molecular formula is C11H16ClFN2O. The van der Waals surface area contributed by atoms with Crippen LogP contribution in [0.4, 0.5) is 10.1 Å². The summed E-state index contributed by atoms with van der Waals surface area (Å²) in [4.78, 5) is 11.4. The molecule has 0 aliphatic carbocycles. The van der Waals surface area contributed by atoms with Gasteiger partial charge < -0.3 is 11.1 Å². The third kappa shape index (κ3) is 3.79. The molecule has 1 amide bonds. The number of hydrogen-bond acceptors (Lipinski definition) is 2. The van der Waals surface area contributed by atoms with E-state index in [0.29, 0.717) is 6.42 Å². The minimum absolute atomic E-state index is 0. The topological polar surface area (TPSA) is 55.1 Å². The van der Waals surface area contributed by atoms with Gasteiger partial charge in [-0.05, 0) is 31.0 Å². The SMILES string of the molecule is CC[C@H](N)C(=O)Nc1cc(C)ccc1F.Cl. The van der Waals surface area contributed by atoms with Crippen molar-refractivity contribution in [3.8, 4) is 0 Å². The Hall–Kier alpha value is -1.13. The number of rotatable bonds is 3. The van der Waals surface area contributed by atoms with Crippen LogP contribution in [0.2, 0.25) is 0 Å². The van der Waals surface area contributed by atoms with E-state index in [1.165, 1.54) is 6.07 Å². The van der Waals surface area contributed by atoms with Crippen molar-refractivity contribution in [1.29, 1.82) is 0 Å². The lowest BCUT2D eigenvalue weighted by molar-refractivity contribution is -0.117. The molecule has 5 heteroatoms. The first kappa shape index (κ1) is 14.9. The van der Waals surface area contributed by atoms with Gasteiger partial charge in [0, 0.05) is 0 Å². The third-order valence-corrected chi connectivity index (χ3v) is 2.16. The molecule has 0 saturated carbocycles. The fourth-order valence-electron chi connectivity index (χ4n) is 1.15. The molecule has 0 aliphatic rings. The van der Waals surface area contributed by atoms with Gasteiger partial charge in [0.2, 0.25) is 5.91 Å². The maximum absolute atomic E-state index is 13.2. The molecule has 3 nitrogen and oxygen atoms in total. The van der Waals surface area contributed by atoms with Gasteiger partial charge >= 0.3 is 0 Å². The molecule has 0 fully saturated rings. The van der Waals surface area contributed by atoms with Crippen molar-refractivity contribution in [2.75, 3.05) is 5.32 Å². The summed E-state index contributed by atoms with van der Waals surface area (Å²) in [5, 5.41) is 2.46. The van der Waals surface area contributed by atoms with Crippen molar-refractivity contribution in [1.82, 2.24) is 0 Å². The van der Waals surface area contributed by atoms with Gasteiger partial charge in [-0.15, -0.1) is 12.4 Å². The summed E-state index contributed by atoms with van der Waals surface area (Å²) in [7, 11) is 0. The summed E-state index contributed by atoms with van der Waals surface area (Å²) in [6.45, 7) is 3.63. The van der Waals surface area contributed by atoms with Crippen molar-refractivity contribution in [3.05, 3.63) is 29.6 Å². The fraction of sp³-hybridized carbons (Fsp3) is 0.364. The van der Waals surface area contributed by atoms with Crippen molar-refractivity contribution in [3.63, 3.8) is 0 Å². The van der Waals surface area contributed by atoms with Crippen LogP contribution in [0.25, 0.3) is 0 Å². The summed E-state index contributed by atoms with van der Waals surface area (Å²) in [6, 6.07) is 3.95. The Morgan fingerprint density at radius 1 is 1.56 bits per heavy atom. The lowest BCUT2D eigenvalue weighted by Gasteiger charge is -2.11. The summed E-state index contributed by atoms with van der Waals surface area (Å²) in [5.74, 6) is -0.806. The molecule has 0 heterocycles. The van der Waals surface area contributed by atoms with E-state index in [-0.39, 0.29) is 24.0 Å². The molecule has 0 radical (unpaired) electrons. The molecule has 1 rings (SSSR count). The van der Waals surface area contributed by atoms with Gasteiger partial charge in [0.25, 0.3) is 0 Å². The van der Waals surface area contributed by atoms with Crippen molar-refractivity contribution in [2.45, 2.75) is 26.3 Å². The molecule has 0 aliphatic heterocycles. The van der Waals surface area contributed by atoms with Crippen molar-refractivity contribution < 1.29 is 9.18 Å². The van der Waals surface area contributed by atoms with E-state index >= 15 is 0 Å². The van der Waals surface area contributed by atoms with Gasteiger partial charge in [-0.3, -0.25) is 4.79 Å². The molecule has 0 aromatic heterocycles. The number of carbonyl (C=O) groups is 1. The van der Waals surface area contributed by atoms with E-state index in [1.807, 2.05) is 6.92 Å². The van der Waals surface area contributed by atoms with Crippen LogP contribution in [0.5, 0.6) is 0 Å². The normalized spacial score (nSPS) is 11.5. The number of anilines is 1. The van der Waals surface area contributed by atoms with Crippen LogP contribution in [0.15, 0.2) is 18.2 Å². The molecule has 16 heavy (non-hydrogen) atoms. The summed E-state index contributed by atoms with van der Waals surface area (Å²) in [6.07, 6.45) is 0.527. The number of benzene rings is 1. The average Bonchev–Trinajstić information content (AvgIpc) is 2.22. The predicted molar refractivity (Wildman–Crippen MR) is 65.3 cm³/mol. The number of hydrogen-bond donors (Lipinski definition) is 2. The zero-order chi connectivity index (χ0) is 11.4. The summed E-state index contributed by atoms with van der Waals surface area (Å²) >= 11 is 0. The van der Waals surface area contributed by atoms with Crippen LogP contribution in [-0.2, 0) is 4.79 Å². The minimum Gasteiger partial charge on any atom is -0.322 e. The molecular weight excluding hydrogens is 231 g/mol. The largest absolute Gasteiger partial charge is 0.322 e. The van der Waals surface area contributed by atoms with E-state index in [2.05, 4.69) is 5.32 Å². The second kappa shape index (κ2) is 6.45. The van der Waals surface area contributed by atoms with Gasteiger partial charge in [-0.2, -0.15) is 0 Å². The highest BCUT2D eigenvalue weighted by atomic mass is 35.5. The Kier molecular flexibility index (Phi) is 6.00. The van der Waals surface area contributed by atoms with E-state index in [4.69, 9.17) is 5.73 Å². The number of nitrogens with one attached hydrogen (secondary N) is 1. The van der Waals surface area contributed by atoms with Crippen LogP contribution in [-0.4, -0.2) is 11.9 Å². The molecule has 0 bridgehead atoms. The van der Waals surface area contributed by atoms with Gasteiger partial charge in [-0.1, -0.05) is 13.0 Å². The van der Waals surface area contributed by atoms with E-state index in [0.717, 1.165) is 5.56 Å². The second-order valence-corrected chi connectivity index (χ2v) is 3.49. The molecule has 0 unspecified atom stereocenters. The minimum atomic E-state index is -0.593. The van der Waals surface area contributed by atoms with Crippen LogP contribution in [0.3, 0.4) is 0 Å². The Balaban J connectivity index is 0.00000225.